The number of nitrogens with one attached hydrogen (secondary N) is 1. The lowest BCUT2D eigenvalue weighted by Gasteiger charge is -2.11. The highest BCUT2D eigenvalue weighted by molar-refractivity contribution is 6.31. The molecule has 2 rings (SSSR count). The molecule has 2 aromatic carbocycles. The summed E-state index contributed by atoms with van der Waals surface area (Å²) in [4.78, 5) is 0. The zero-order valence-corrected chi connectivity index (χ0v) is 13.6. The standard InChI is InChI=1S/C18H22ClNO/c1-13(2)12-21-17-6-4-5-15(9-17)11-20-16-8-7-14(3)18(19)10-16/h4-10,13,20H,11-12H2,1-3H3. The fourth-order valence-corrected chi connectivity index (χ4v) is 2.10. The van der Waals surface area contributed by atoms with Gasteiger partial charge < -0.3 is 10.1 Å². The Morgan fingerprint density at radius 1 is 1.14 bits per heavy atom. The van der Waals surface area contributed by atoms with Crippen LogP contribution in [0.2, 0.25) is 5.02 Å². The summed E-state index contributed by atoms with van der Waals surface area (Å²) in [6.45, 7) is 7.78. The van der Waals surface area contributed by atoms with Crippen LogP contribution in [0.5, 0.6) is 5.75 Å². The molecule has 0 atom stereocenters. The zero-order valence-electron chi connectivity index (χ0n) is 12.8. The van der Waals surface area contributed by atoms with Crippen molar-refractivity contribution in [1.82, 2.24) is 0 Å². The third-order valence-electron chi connectivity index (χ3n) is 3.15. The van der Waals surface area contributed by atoms with Crippen LogP contribution < -0.4 is 10.1 Å². The van der Waals surface area contributed by atoms with Gasteiger partial charge in [-0.3, -0.25) is 0 Å². The second kappa shape index (κ2) is 7.37. The topological polar surface area (TPSA) is 21.3 Å². The lowest BCUT2D eigenvalue weighted by atomic mass is 10.2. The molecule has 0 aliphatic carbocycles. The summed E-state index contributed by atoms with van der Waals surface area (Å²) in [7, 11) is 0. The third-order valence-corrected chi connectivity index (χ3v) is 3.56. The van der Waals surface area contributed by atoms with Gasteiger partial charge in [-0.2, -0.15) is 0 Å². The molecule has 2 nitrogen and oxygen atoms in total. The number of halogens is 1. The molecule has 0 amide bonds. The summed E-state index contributed by atoms with van der Waals surface area (Å²) in [5, 5.41) is 4.17. The minimum absolute atomic E-state index is 0.529. The highest BCUT2D eigenvalue weighted by Crippen LogP contribution is 2.21. The van der Waals surface area contributed by atoms with Gasteiger partial charge >= 0.3 is 0 Å². The highest BCUT2D eigenvalue weighted by Gasteiger charge is 2.01. The predicted octanol–water partition coefficient (Wildman–Crippen LogP) is 5.30. The molecule has 0 aromatic heterocycles. The van der Waals surface area contributed by atoms with E-state index in [0.29, 0.717) is 5.92 Å². The molecule has 0 saturated heterocycles. The predicted molar refractivity (Wildman–Crippen MR) is 90.3 cm³/mol. The number of hydrogen-bond acceptors (Lipinski definition) is 2. The molecule has 0 bridgehead atoms. The lowest BCUT2D eigenvalue weighted by Crippen LogP contribution is -2.05. The molecule has 0 saturated carbocycles. The molecule has 21 heavy (non-hydrogen) atoms. The molecule has 0 aliphatic heterocycles. The highest BCUT2D eigenvalue weighted by atomic mass is 35.5. The van der Waals surface area contributed by atoms with E-state index in [1.165, 1.54) is 5.56 Å². The fraction of sp³-hybridized carbons (Fsp3) is 0.333. The maximum Gasteiger partial charge on any atom is 0.119 e. The number of ether oxygens (including phenoxy) is 1. The van der Waals surface area contributed by atoms with Crippen molar-refractivity contribution in [2.24, 2.45) is 5.92 Å². The van der Waals surface area contributed by atoms with E-state index in [4.69, 9.17) is 16.3 Å². The maximum atomic E-state index is 6.13. The Kier molecular flexibility index (Phi) is 5.51. The van der Waals surface area contributed by atoms with Gasteiger partial charge in [0, 0.05) is 17.3 Å². The van der Waals surface area contributed by atoms with Gasteiger partial charge in [0.1, 0.15) is 5.75 Å². The van der Waals surface area contributed by atoms with E-state index < -0.39 is 0 Å². The molecule has 112 valence electrons. The normalized spacial score (nSPS) is 10.7. The third kappa shape index (κ3) is 4.98. The monoisotopic (exact) mass is 303 g/mol. The van der Waals surface area contributed by atoms with Gasteiger partial charge in [-0.1, -0.05) is 43.6 Å². The first-order valence-corrected chi connectivity index (χ1v) is 7.64. The number of anilines is 1. The molecule has 0 unspecified atom stereocenters. The number of aryl methyl sites for hydroxylation is 1. The van der Waals surface area contributed by atoms with Crippen LogP contribution in [0.4, 0.5) is 5.69 Å². The van der Waals surface area contributed by atoms with E-state index in [1.54, 1.807) is 0 Å². The van der Waals surface area contributed by atoms with Crippen molar-refractivity contribution in [3.8, 4) is 5.75 Å². The molecule has 1 N–H and O–H groups in total. The van der Waals surface area contributed by atoms with Gasteiger partial charge in [0.2, 0.25) is 0 Å². The summed E-state index contributed by atoms with van der Waals surface area (Å²) >= 11 is 6.13. The Bertz CT molecular complexity index is 596. The fourth-order valence-electron chi connectivity index (χ4n) is 1.92. The summed E-state index contributed by atoms with van der Waals surface area (Å²) < 4.78 is 5.75. The van der Waals surface area contributed by atoms with E-state index in [9.17, 15) is 0 Å². The second-order valence-electron chi connectivity index (χ2n) is 5.67. The molecular weight excluding hydrogens is 282 g/mol. The molecule has 2 aromatic rings. The van der Waals surface area contributed by atoms with Crippen molar-refractivity contribution >= 4 is 17.3 Å². The zero-order chi connectivity index (χ0) is 15.2. The molecule has 0 spiro atoms. The smallest absolute Gasteiger partial charge is 0.119 e. The van der Waals surface area contributed by atoms with Crippen LogP contribution in [0.3, 0.4) is 0 Å². The van der Waals surface area contributed by atoms with Crippen molar-refractivity contribution in [1.29, 1.82) is 0 Å². The Balaban J connectivity index is 1.96. The van der Waals surface area contributed by atoms with Gasteiger partial charge in [-0.05, 0) is 48.2 Å². The first kappa shape index (κ1) is 15.7. The van der Waals surface area contributed by atoms with E-state index in [1.807, 2.05) is 37.3 Å². The Morgan fingerprint density at radius 3 is 2.67 bits per heavy atom. The minimum Gasteiger partial charge on any atom is -0.493 e. The van der Waals surface area contributed by atoms with Gasteiger partial charge in [-0.25, -0.2) is 0 Å². The summed E-state index contributed by atoms with van der Waals surface area (Å²) in [6, 6.07) is 14.2. The van der Waals surface area contributed by atoms with Crippen molar-refractivity contribution in [2.75, 3.05) is 11.9 Å². The van der Waals surface area contributed by atoms with Crippen LogP contribution in [0.1, 0.15) is 25.0 Å². The van der Waals surface area contributed by atoms with E-state index in [0.717, 1.165) is 35.2 Å². The quantitative estimate of drug-likeness (QED) is 0.782. The average molecular weight is 304 g/mol. The molecule has 3 heteroatoms. The minimum atomic E-state index is 0.529. The van der Waals surface area contributed by atoms with E-state index in [2.05, 4.69) is 31.3 Å². The van der Waals surface area contributed by atoms with Crippen molar-refractivity contribution in [2.45, 2.75) is 27.3 Å². The molecular formula is C18H22ClNO. The average Bonchev–Trinajstić information content (AvgIpc) is 2.47. The van der Waals surface area contributed by atoms with Crippen LogP contribution in [0, 0.1) is 12.8 Å². The van der Waals surface area contributed by atoms with Gasteiger partial charge in [0.25, 0.3) is 0 Å². The Morgan fingerprint density at radius 2 is 1.95 bits per heavy atom. The van der Waals surface area contributed by atoms with Crippen LogP contribution in [-0.4, -0.2) is 6.61 Å². The Labute approximate surface area is 132 Å². The first-order valence-electron chi connectivity index (χ1n) is 7.26. The molecule has 0 heterocycles. The van der Waals surface area contributed by atoms with Gasteiger partial charge in [0.05, 0.1) is 6.61 Å². The number of benzene rings is 2. The SMILES string of the molecule is Cc1ccc(NCc2cccc(OCC(C)C)c2)cc1Cl. The summed E-state index contributed by atoms with van der Waals surface area (Å²) in [5.74, 6) is 1.45. The summed E-state index contributed by atoms with van der Waals surface area (Å²) in [5.41, 5.74) is 3.30. The Hall–Kier alpha value is -1.67. The van der Waals surface area contributed by atoms with Crippen LogP contribution >= 0.6 is 11.6 Å². The largest absolute Gasteiger partial charge is 0.493 e. The number of rotatable bonds is 6. The molecule has 0 radical (unpaired) electrons. The second-order valence-corrected chi connectivity index (χ2v) is 6.08. The maximum absolute atomic E-state index is 6.13. The van der Waals surface area contributed by atoms with Crippen molar-refractivity contribution in [3.05, 3.63) is 58.6 Å². The lowest BCUT2D eigenvalue weighted by molar-refractivity contribution is 0.271. The van der Waals surface area contributed by atoms with Crippen LogP contribution in [0.15, 0.2) is 42.5 Å². The van der Waals surface area contributed by atoms with Gasteiger partial charge in [0.15, 0.2) is 0 Å². The number of hydrogen-bond donors (Lipinski definition) is 1. The molecule has 0 aliphatic rings. The molecule has 0 fully saturated rings. The van der Waals surface area contributed by atoms with Crippen LogP contribution in [0.25, 0.3) is 0 Å². The summed E-state index contributed by atoms with van der Waals surface area (Å²) in [6.07, 6.45) is 0. The van der Waals surface area contributed by atoms with Gasteiger partial charge in [-0.15, -0.1) is 0 Å². The van der Waals surface area contributed by atoms with Crippen LogP contribution in [-0.2, 0) is 6.54 Å². The van der Waals surface area contributed by atoms with Crippen molar-refractivity contribution in [3.63, 3.8) is 0 Å². The first-order chi connectivity index (χ1) is 10.0. The van der Waals surface area contributed by atoms with E-state index >= 15 is 0 Å². The van der Waals surface area contributed by atoms with E-state index in [-0.39, 0.29) is 0 Å². The van der Waals surface area contributed by atoms with Crippen molar-refractivity contribution < 1.29 is 4.74 Å².